The molecule has 2 heterocycles. The topological polar surface area (TPSA) is 86.2 Å². The van der Waals surface area contributed by atoms with E-state index in [-0.39, 0.29) is 0 Å². The summed E-state index contributed by atoms with van der Waals surface area (Å²) in [4.78, 5) is 13.0. The van der Waals surface area contributed by atoms with Gasteiger partial charge in [-0.3, -0.25) is 4.79 Å². The highest BCUT2D eigenvalue weighted by Gasteiger charge is 2.62. The minimum atomic E-state index is -1.87. The maximum absolute atomic E-state index is 13.0. The van der Waals surface area contributed by atoms with Crippen LogP contribution in [-0.2, 0) is 23.7 Å². The number of ether oxygens (including phenoxy) is 4. The Labute approximate surface area is 221 Å². The summed E-state index contributed by atoms with van der Waals surface area (Å²) < 4.78 is 24.2. The Bertz CT molecular complexity index is 815. The molecule has 2 aliphatic heterocycles. The van der Waals surface area contributed by atoms with Gasteiger partial charge in [0.25, 0.3) is 5.91 Å². The van der Waals surface area contributed by atoms with Crippen LogP contribution in [0.25, 0.3) is 0 Å². The lowest BCUT2D eigenvalue weighted by molar-refractivity contribution is -0.250. The van der Waals surface area contributed by atoms with Crippen molar-refractivity contribution in [2.45, 2.75) is 128 Å². The van der Waals surface area contributed by atoms with Gasteiger partial charge in [0.1, 0.15) is 18.3 Å². The van der Waals surface area contributed by atoms with Gasteiger partial charge in [0.15, 0.2) is 17.7 Å². The lowest BCUT2D eigenvalue weighted by atomic mass is 9.92. The van der Waals surface area contributed by atoms with Gasteiger partial charge in [-0.15, -0.1) is 0 Å². The first-order chi connectivity index (χ1) is 17.1. The first-order valence-corrected chi connectivity index (χ1v) is 13.9. The van der Waals surface area contributed by atoms with E-state index in [9.17, 15) is 9.90 Å². The van der Waals surface area contributed by atoms with Crippen molar-refractivity contribution in [3.8, 4) is 0 Å². The predicted molar refractivity (Wildman–Crippen MR) is 141 cm³/mol. The van der Waals surface area contributed by atoms with Gasteiger partial charge in [0, 0.05) is 17.3 Å². The third kappa shape index (κ3) is 8.14. The van der Waals surface area contributed by atoms with E-state index in [2.05, 4.69) is 12.2 Å². The van der Waals surface area contributed by atoms with Gasteiger partial charge in [-0.1, -0.05) is 76.3 Å². The van der Waals surface area contributed by atoms with Gasteiger partial charge >= 0.3 is 0 Å². The molecule has 36 heavy (non-hydrogen) atoms. The zero-order chi connectivity index (χ0) is 26.2. The molecule has 1 amide bonds. The van der Waals surface area contributed by atoms with Crippen LogP contribution in [0.5, 0.6) is 0 Å². The molecule has 0 aromatic heterocycles. The number of amides is 1. The zero-order valence-corrected chi connectivity index (χ0v) is 23.0. The van der Waals surface area contributed by atoms with Gasteiger partial charge in [-0.05, 0) is 51.5 Å². The Morgan fingerprint density at radius 1 is 1.00 bits per heavy atom. The number of carbonyl (C=O) groups is 1. The molecule has 7 nitrogen and oxygen atoms in total. The zero-order valence-electron chi connectivity index (χ0n) is 22.3. The lowest BCUT2D eigenvalue weighted by Crippen LogP contribution is -2.55. The molecule has 2 saturated heterocycles. The van der Waals surface area contributed by atoms with Crippen LogP contribution in [0.1, 0.15) is 91.9 Å². The summed E-state index contributed by atoms with van der Waals surface area (Å²) in [6.45, 7) is 7.82. The average Bonchev–Trinajstić information content (AvgIpc) is 3.32. The molecule has 1 aromatic carbocycles. The average molecular weight is 526 g/mol. The highest BCUT2D eigenvalue weighted by molar-refractivity contribution is 6.30. The van der Waals surface area contributed by atoms with E-state index in [0.717, 1.165) is 12.8 Å². The normalized spacial score (nSPS) is 26.5. The lowest BCUT2D eigenvalue weighted by Gasteiger charge is -2.32. The number of hydrogen-bond acceptors (Lipinski definition) is 6. The highest BCUT2D eigenvalue weighted by atomic mass is 35.5. The van der Waals surface area contributed by atoms with Crippen molar-refractivity contribution in [2.75, 3.05) is 11.9 Å². The standard InChI is InChI=1S/C28H44ClNO6/c1-5-6-7-8-9-10-11-12-13-14-19-33-25-23-22(35-27(2,3)36-23)24(34-25)28(4,32)26(31)30-21-17-15-20(29)16-18-21/h15-18,22-25,32H,5-14,19H2,1-4H3,(H,30,31)/t22-,23+,24+,25+,28-/m1/s1. The molecule has 0 saturated carbocycles. The first kappa shape index (κ1) is 29.3. The number of carbonyl (C=O) groups excluding carboxylic acids is 1. The second-order valence-corrected chi connectivity index (χ2v) is 11.1. The molecule has 0 bridgehead atoms. The maximum atomic E-state index is 13.0. The third-order valence-corrected chi connectivity index (χ3v) is 7.16. The van der Waals surface area contributed by atoms with Crippen molar-refractivity contribution in [1.82, 2.24) is 0 Å². The number of hydrogen-bond donors (Lipinski definition) is 2. The van der Waals surface area contributed by atoms with Gasteiger partial charge < -0.3 is 29.4 Å². The fourth-order valence-corrected chi connectivity index (χ4v) is 4.98. The summed E-state index contributed by atoms with van der Waals surface area (Å²) in [5.74, 6) is -1.46. The second kappa shape index (κ2) is 13.5. The van der Waals surface area contributed by atoms with Crippen LogP contribution in [0.4, 0.5) is 5.69 Å². The Morgan fingerprint density at radius 2 is 1.56 bits per heavy atom. The van der Waals surface area contributed by atoms with Gasteiger partial charge in [-0.2, -0.15) is 0 Å². The summed E-state index contributed by atoms with van der Waals surface area (Å²) in [5, 5.41) is 14.5. The Kier molecular flexibility index (Phi) is 11.0. The molecule has 0 radical (unpaired) electrons. The van der Waals surface area contributed by atoms with E-state index in [1.54, 1.807) is 24.3 Å². The number of nitrogens with one attached hydrogen (secondary N) is 1. The van der Waals surface area contributed by atoms with E-state index in [4.69, 9.17) is 30.5 Å². The molecular weight excluding hydrogens is 482 g/mol. The highest BCUT2D eigenvalue weighted by Crippen LogP contribution is 2.42. The molecule has 3 rings (SSSR count). The van der Waals surface area contributed by atoms with E-state index >= 15 is 0 Å². The molecule has 0 spiro atoms. The number of rotatable bonds is 15. The van der Waals surface area contributed by atoms with Crippen LogP contribution in [-0.4, -0.2) is 53.6 Å². The van der Waals surface area contributed by atoms with Crippen LogP contribution >= 0.6 is 11.6 Å². The summed E-state index contributed by atoms with van der Waals surface area (Å²) in [5.41, 5.74) is -1.35. The van der Waals surface area contributed by atoms with Crippen LogP contribution in [0.3, 0.4) is 0 Å². The Hall–Kier alpha value is -1.22. The van der Waals surface area contributed by atoms with Crippen LogP contribution < -0.4 is 5.32 Å². The van der Waals surface area contributed by atoms with Crippen LogP contribution in [0.2, 0.25) is 5.02 Å². The SMILES string of the molecule is CCCCCCCCCCCCO[C@H]1O[C@H]([C@@](C)(O)C(=O)Nc2ccc(Cl)cc2)[C@@H]2OC(C)(C)O[C@H]12. The molecule has 1 aromatic rings. The molecule has 2 fully saturated rings. The minimum absolute atomic E-state index is 0.525. The number of fused-ring (bicyclic) bond motifs is 1. The van der Waals surface area contributed by atoms with E-state index in [1.165, 1.54) is 58.3 Å². The number of aliphatic hydroxyl groups is 1. The second-order valence-electron chi connectivity index (χ2n) is 10.7. The monoisotopic (exact) mass is 525 g/mol. The van der Waals surface area contributed by atoms with Crippen molar-refractivity contribution in [1.29, 1.82) is 0 Å². The van der Waals surface area contributed by atoms with E-state index in [0.29, 0.717) is 17.3 Å². The van der Waals surface area contributed by atoms with Gasteiger partial charge in [0.05, 0.1) is 0 Å². The molecule has 0 unspecified atom stereocenters. The third-order valence-electron chi connectivity index (χ3n) is 6.91. The number of halogens is 1. The minimum Gasteiger partial charge on any atom is -0.378 e. The summed E-state index contributed by atoms with van der Waals surface area (Å²) in [6, 6.07) is 6.68. The summed E-state index contributed by atoms with van der Waals surface area (Å²) in [7, 11) is 0. The fourth-order valence-electron chi connectivity index (χ4n) is 4.86. The number of benzene rings is 1. The quantitative estimate of drug-likeness (QED) is 0.265. The number of unbranched alkanes of at least 4 members (excludes halogenated alkanes) is 9. The molecule has 8 heteroatoms. The van der Waals surface area contributed by atoms with Crippen molar-refractivity contribution in [2.24, 2.45) is 0 Å². The van der Waals surface area contributed by atoms with Crippen molar-refractivity contribution in [3.05, 3.63) is 29.3 Å². The van der Waals surface area contributed by atoms with Crippen LogP contribution in [0, 0.1) is 0 Å². The van der Waals surface area contributed by atoms with E-state index < -0.39 is 41.9 Å². The largest absolute Gasteiger partial charge is 0.378 e. The fraction of sp³-hybridized carbons (Fsp3) is 0.750. The molecule has 2 N–H and O–H groups in total. The Balaban J connectivity index is 1.47. The predicted octanol–water partition coefficient (Wildman–Crippen LogP) is 6.21. The molecule has 0 aliphatic carbocycles. The molecule has 204 valence electrons. The molecule has 2 aliphatic rings. The van der Waals surface area contributed by atoms with E-state index in [1.807, 2.05) is 13.8 Å². The summed E-state index contributed by atoms with van der Waals surface area (Å²) >= 11 is 5.92. The van der Waals surface area contributed by atoms with Crippen LogP contribution in [0.15, 0.2) is 24.3 Å². The van der Waals surface area contributed by atoms with Crippen molar-refractivity contribution < 1.29 is 28.8 Å². The Morgan fingerprint density at radius 3 is 2.17 bits per heavy atom. The van der Waals surface area contributed by atoms with Gasteiger partial charge in [0.2, 0.25) is 0 Å². The maximum Gasteiger partial charge on any atom is 0.258 e. The van der Waals surface area contributed by atoms with Crippen molar-refractivity contribution >= 4 is 23.2 Å². The van der Waals surface area contributed by atoms with Crippen molar-refractivity contribution in [3.63, 3.8) is 0 Å². The smallest absolute Gasteiger partial charge is 0.258 e. The number of anilines is 1. The molecule has 5 atom stereocenters. The summed E-state index contributed by atoms with van der Waals surface area (Å²) in [6.07, 6.45) is 9.62. The first-order valence-electron chi connectivity index (χ1n) is 13.6. The molecular formula is C28H44ClNO6. The van der Waals surface area contributed by atoms with Gasteiger partial charge in [-0.25, -0.2) is 0 Å².